The van der Waals surface area contributed by atoms with Crippen LogP contribution in [0.4, 0.5) is 5.69 Å². The summed E-state index contributed by atoms with van der Waals surface area (Å²) in [5, 5.41) is 13.2. The Morgan fingerprint density at radius 3 is 2.88 bits per heavy atom. The maximum atomic E-state index is 11.2. The maximum absolute atomic E-state index is 11.2. The SMILES string of the molecule is Nc1cnn2c(C(=O)O)c(C3CC3)cnc12. The number of carboxylic acids is 1. The molecular weight excluding hydrogens is 208 g/mol. The molecule has 0 aliphatic heterocycles. The monoisotopic (exact) mass is 218 g/mol. The molecule has 3 N–H and O–H groups in total. The zero-order valence-corrected chi connectivity index (χ0v) is 8.42. The van der Waals surface area contributed by atoms with Gasteiger partial charge >= 0.3 is 5.97 Å². The highest BCUT2D eigenvalue weighted by atomic mass is 16.4. The number of aromatic carboxylic acids is 1. The van der Waals surface area contributed by atoms with Crippen LogP contribution in [0.2, 0.25) is 0 Å². The summed E-state index contributed by atoms with van der Waals surface area (Å²) >= 11 is 0. The molecule has 0 amide bonds. The van der Waals surface area contributed by atoms with Gasteiger partial charge in [0, 0.05) is 11.8 Å². The van der Waals surface area contributed by atoms with E-state index in [-0.39, 0.29) is 5.69 Å². The summed E-state index contributed by atoms with van der Waals surface area (Å²) < 4.78 is 1.31. The Kier molecular flexibility index (Phi) is 1.68. The molecule has 0 saturated heterocycles. The molecule has 0 spiro atoms. The number of nitrogens with zero attached hydrogens (tertiary/aromatic N) is 3. The van der Waals surface area contributed by atoms with Gasteiger partial charge in [0.15, 0.2) is 11.3 Å². The lowest BCUT2D eigenvalue weighted by atomic mass is 10.1. The Labute approximate surface area is 90.7 Å². The van der Waals surface area contributed by atoms with Gasteiger partial charge in [-0.3, -0.25) is 0 Å². The maximum Gasteiger partial charge on any atom is 0.354 e. The van der Waals surface area contributed by atoms with Gasteiger partial charge in [-0.2, -0.15) is 5.10 Å². The summed E-state index contributed by atoms with van der Waals surface area (Å²) in [5.74, 6) is -0.675. The van der Waals surface area contributed by atoms with E-state index >= 15 is 0 Å². The van der Waals surface area contributed by atoms with E-state index < -0.39 is 5.97 Å². The standard InChI is InChI=1S/C10H10N4O2/c11-7-4-13-14-8(10(15)16)6(5-1-2-5)3-12-9(7)14/h3-5H,1-2,11H2,(H,15,16). The topological polar surface area (TPSA) is 93.5 Å². The third kappa shape index (κ3) is 1.16. The molecule has 82 valence electrons. The number of hydrogen-bond acceptors (Lipinski definition) is 4. The van der Waals surface area contributed by atoms with Gasteiger partial charge in [0.25, 0.3) is 0 Å². The normalized spacial score (nSPS) is 15.5. The van der Waals surface area contributed by atoms with E-state index in [9.17, 15) is 9.90 Å². The smallest absolute Gasteiger partial charge is 0.354 e. The average molecular weight is 218 g/mol. The molecule has 1 aliphatic carbocycles. The van der Waals surface area contributed by atoms with Gasteiger partial charge in [0.1, 0.15) is 0 Å². The zero-order chi connectivity index (χ0) is 11.3. The minimum Gasteiger partial charge on any atom is -0.476 e. The van der Waals surface area contributed by atoms with Crippen molar-refractivity contribution in [3.63, 3.8) is 0 Å². The first-order chi connectivity index (χ1) is 7.68. The fourth-order valence-electron chi connectivity index (χ4n) is 1.87. The van der Waals surface area contributed by atoms with Gasteiger partial charge < -0.3 is 10.8 Å². The Bertz CT molecular complexity index is 586. The molecule has 1 aliphatic rings. The van der Waals surface area contributed by atoms with E-state index in [1.807, 2.05) is 0 Å². The van der Waals surface area contributed by atoms with Crippen LogP contribution in [-0.2, 0) is 0 Å². The van der Waals surface area contributed by atoms with Crippen LogP contribution in [0.1, 0.15) is 34.8 Å². The number of fused-ring (bicyclic) bond motifs is 1. The van der Waals surface area contributed by atoms with Crippen LogP contribution in [0.15, 0.2) is 12.4 Å². The lowest BCUT2D eigenvalue weighted by Gasteiger charge is -2.05. The lowest BCUT2D eigenvalue weighted by Crippen LogP contribution is -2.11. The van der Waals surface area contributed by atoms with Gasteiger partial charge in [-0.05, 0) is 18.8 Å². The number of nitrogen functional groups attached to an aromatic ring is 1. The molecule has 0 bridgehead atoms. The van der Waals surface area contributed by atoms with Gasteiger partial charge in [0.2, 0.25) is 0 Å². The molecule has 0 unspecified atom stereocenters. The second kappa shape index (κ2) is 2.94. The molecule has 0 aromatic carbocycles. The number of anilines is 1. The first-order valence-electron chi connectivity index (χ1n) is 5.04. The largest absolute Gasteiger partial charge is 0.476 e. The molecule has 6 nitrogen and oxygen atoms in total. The van der Waals surface area contributed by atoms with Crippen LogP contribution in [0.5, 0.6) is 0 Å². The minimum absolute atomic E-state index is 0.184. The summed E-state index contributed by atoms with van der Waals surface area (Å²) in [4.78, 5) is 15.4. The molecule has 2 aromatic rings. The van der Waals surface area contributed by atoms with E-state index in [0.29, 0.717) is 17.3 Å². The van der Waals surface area contributed by atoms with Crippen molar-refractivity contribution in [2.75, 3.05) is 5.73 Å². The van der Waals surface area contributed by atoms with Crippen LogP contribution >= 0.6 is 0 Å². The van der Waals surface area contributed by atoms with Crippen molar-refractivity contribution in [2.24, 2.45) is 0 Å². The summed E-state index contributed by atoms with van der Waals surface area (Å²) in [6.07, 6.45) is 5.06. The van der Waals surface area contributed by atoms with Crippen molar-refractivity contribution in [1.29, 1.82) is 0 Å². The number of hydrogen-bond donors (Lipinski definition) is 2. The highest BCUT2D eigenvalue weighted by molar-refractivity contribution is 5.89. The van der Waals surface area contributed by atoms with E-state index in [2.05, 4.69) is 10.1 Å². The first kappa shape index (κ1) is 9.14. The third-order valence-electron chi connectivity index (χ3n) is 2.80. The molecule has 1 saturated carbocycles. The van der Waals surface area contributed by atoms with Crippen molar-refractivity contribution >= 4 is 17.3 Å². The first-order valence-corrected chi connectivity index (χ1v) is 5.04. The molecule has 16 heavy (non-hydrogen) atoms. The van der Waals surface area contributed by atoms with Crippen LogP contribution in [0.3, 0.4) is 0 Å². The fourth-order valence-corrected chi connectivity index (χ4v) is 1.87. The third-order valence-corrected chi connectivity index (χ3v) is 2.80. The van der Waals surface area contributed by atoms with Crippen LogP contribution in [0, 0.1) is 0 Å². The Morgan fingerprint density at radius 2 is 2.25 bits per heavy atom. The van der Waals surface area contributed by atoms with E-state index in [0.717, 1.165) is 18.4 Å². The van der Waals surface area contributed by atoms with Crippen molar-refractivity contribution in [3.8, 4) is 0 Å². The number of aromatic nitrogens is 3. The summed E-state index contributed by atoms with van der Waals surface area (Å²) in [5.41, 5.74) is 7.38. The van der Waals surface area contributed by atoms with Crippen LogP contribution in [0.25, 0.3) is 5.65 Å². The van der Waals surface area contributed by atoms with E-state index in [1.165, 1.54) is 10.7 Å². The number of carboxylic acid groups (broad SMARTS) is 1. The zero-order valence-electron chi connectivity index (χ0n) is 8.42. The van der Waals surface area contributed by atoms with Crippen molar-refractivity contribution in [3.05, 3.63) is 23.7 Å². The molecule has 6 heteroatoms. The second-order valence-electron chi connectivity index (χ2n) is 3.98. The average Bonchev–Trinajstić information content (AvgIpc) is 3.03. The van der Waals surface area contributed by atoms with E-state index in [4.69, 9.17) is 5.73 Å². The van der Waals surface area contributed by atoms with Crippen LogP contribution in [-0.4, -0.2) is 25.7 Å². The molecule has 0 atom stereocenters. The molecule has 3 rings (SSSR count). The van der Waals surface area contributed by atoms with Gasteiger partial charge in [-0.25, -0.2) is 14.3 Å². The quantitative estimate of drug-likeness (QED) is 0.780. The fraction of sp³-hybridized carbons (Fsp3) is 0.300. The summed E-state index contributed by atoms with van der Waals surface area (Å²) in [7, 11) is 0. The minimum atomic E-state index is -0.989. The Hall–Kier alpha value is -2.11. The van der Waals surface area contributed by atoms with Gasteiger partial charge in [-0.1, -0.05) is 0 Å². The molecular formula is C10H10N4O2. The molecule has 2 aromatic heterocycles. The Balaban J connectivity index is 2.35. The lowest BCUT2D eigenvalue weighted by molar-refractivity contribution is 0.0685. The molecule has 1 fully saturated rings. The predicted molar refractivity (Wildman–Crippen MR) is 56.3 cm³/mol. The van der Waals surface area contributed by atoms with Crippen LogP contribution < -0.4 is 5.73 Å². The Morgan fingerprint density at radius 1 is 1.50 bits per heavy atom. The highest BCUT2D eigenvalue weighted by Gasteiger charge is 2.30. The molecule has 2 heterocycles. The van der Waals surface area contributed by atoms with Gasteiger partial charge in [0.05, 0.1) is 11.9 Å². The van der Waals surface area contributed by atoms with E-state index in [1.54, 1.807) is 6.20 Å². The number of rotatable bonds is 2. The number of nitrogens with two attached hydrogens (primary N) is 1. The number of carbonyl (C=O) groups is 1. The summed E-state index contributed by atoms with van der Waals surface area (Å²) in [6.45, 7) is 0. The highest BCUT2D eigenvalue weighted by Crippen LogP contribution is 2.41. The summed E-state index contributed by atoms with van der Waals surface area (Å²) in [6, 6.07) is 0. The predicted octanol–water partition coefficient (Wildman–Crippen LogP) is 0.887. The van der Waals surface area contributed by atoms with Gasteiger partial charge in [-0.15, -0.1) is 0 Å². The van der Waals surface area contributed by atoms with Crippen molar-refractivity contribution < 1.29 is 9.90 Å². The second-order valence-corrected chi connectivity index (χ2v) is 3.98. The molecule has 0 radical (unpaired) electrons. The van der Waals surface area contributed by atoms with Crippen molar-refractivity contribution in [1.82, 2.24) is 14.6 Å². The van der Waals surface area contributed by atoms with Crippen molar-refractivity contribution in [2.45, 2.75) is 18.8 Å².